The first-order valence-electron chi connectivity index (χ1n) is 8.79. The number of alkyl halides is 2. The molecule has 1 amide bonds. The topological polar surface area (TPSA) is 36.4 Å². The van der Waals surface area contributed by atoms with Crippen molar-refractivity contribution in [3.8, 4) is 0 Å². The van der Waals surface area contributed by atoms with Gasteiger partial charge in [0.2, 0.25) is 5.91 Å². The van der Waals surface area contributed by atoms with Crippen LogP contribution in [0.25, 0.3) is 10.8 Å². The summed E-state index contributed by atoms with van der Waals surface area (Å²) in [4.78, 5) is 21.0. The molecule has 1 atom stereocenters. The van der Waals surface area contributed by atoms with E-state index in [-0.39, 0.29) is 37.8 Å². The molecule has 2 aromatic rings. The van der Waals surface area contributed by atoms with Crippen molar-refractivity contribution in [3.63, 3.8) is 0 Å². The quantitative estimate of drug-likeness (QED) is 0.838. The van der Waals surface area contributed by atoms with Gasteiger partial charge in [0.1, 0.15) is 5.82 Å². The number of aromatic nitrogens is 1. The molecule has 1 unspecified atom stereocenters. The summed E-state index contributed by atoms with van der Waals surface area (Å²) < 4.78 is 26.6. The van der Waals surface area contributed by atoms with Crippen molar-refractivity contribution < 1.29 is 13.6 Å². The largest absolute Gasteiger partial charge is 0.355 e. The van der Waals surface area contributed by atoms with Gasteiger partial charge in [-0.25, -0.2) is 13.8 Å². The van der Waals surface area contributed by atoms with Crippen molar-refractivity contribution in [3.05, 3.63) is 36.5 Å². The Kier molecular flexibility index (Phi) is 4.06. The fourth-order valence-electron chi connectivity index (χ4n) is 3.82. The van der Waals surface area contributed by atoms with E-state index in [1.807, 2.05) is 30.3 Å². The minimum Gasteiger partial charge on any atom is -0.355 e. The van der Waals surface area contributed by atoms with Gasteiger partial charge in [-0.15, -0.1) is 0 Å². The van der Waals surface area contributed by atoms with Crippen LogP contribution in [0.2, 0.25) is 0 Å². The van der Waals surface area contributed by atoms with Gasteiger partial charge in [0.05, 0.1) is 5.92 Å². The van der Waals surface area contributed by atoms with Gasteiger partial charge >= 0.3 is 0 Å². The number of benzene rings is 1. The molecule has 2 aliphatic rings. The van der Waals surface area contributed by atoms with E-state index in [2.05, 4.69) is 9.88 Å². The minimum atomic E-state index is -2.62. The standard InChI is InChI=1S/C19H21F2N3O/c20-19(21)7-11-23(12-8-19)18(25)15-6-10-24(13-15)17-16-4-2-1-3-14(16)5-9-22-17/h1-5,9,15H,6-8,10-13H2. The van der Waals surface area contributed by atoms with Gasteiger partial charge in [0, 0.05) is 50.6 Å². The molecule has 0 saturated carbocycles. The summed E-state index contributed by atoms with van der Waals surface area (Å²) in [6, 6.07) is 10.0. The number of nitrogens with zero attached hydrogens (tertiary/aromatic N) is 3. The van der Waals surface area contributed by atoms with Crippen molar-refractivity contribution in [1.82, 2.24) is 9.88 Å². The Bertz CT molecular complexity index is 780. The van der Waals surface area contributed by atoms with Gasteiger partial charge < -0.3 is 9.80 Å². The van der Waals surface area contributed by atoms with E-state index in [1.165, 1.54) is 0 Å². The molecule has 0 bridgehead atoms. The summed E-state index contributed by atoms with van der Waals surface area (Å²) in [7, 11) is 0. The predicted molar refractivity (Wildman–Crippen MR) is 92.8 cm³/mol. The van der Waals surface area contributed by atoms with Crippen LogP contribution in [0.1, 0.15) is 19.3 Å². The first-order valence-corrected chi connectivity index (χ1v) is 8.79. The average molecular weight is 345 g/mol. The molecule has 3 heterocycles. The van der Waals surface area contributed by atoms with E-state index in [0.29, 0.717) is 6.54 Å². The molecule has 4 rings (SSSR count). The molecule has 0 spiro atoms. The average Bonchev–Trinajstić information content (AvgIpc) is 3.10. The zero-order valence-electron chi connectivity index (χ0n) is 14.0. The van der Waals surface area contributed by atoms with E-state index in [9.17, 15) is 13.6 Å². The van der Waals surface area contributed by atoms with Gasteiger partial charge in [-0.05, 0) is 17.9 Å². The molecule has 0 N–H and O–H groups in total. The molecule has 0 radical (unpaired) electrons. The third-order valence-electron chi connectivity index (χ3n) is 5.30. The maximum Gasteiger partial charge on any atom is 0.251 e. The number of hydrogen-bond acceptors (Lipinski definition) is 3. The number of halogens is 2. The molecule has 0 aliphatic carbocycles. The van der Waals surface area contributed by atoms with Crippen molar-refractivity contribution in [2.45, 2.75) is 25.2 Å². The molecule has 2 saturated heterocycles. The number of carbonyl (C=O) groups is 1. The molecule has 1 aromatic carbocycles. The van der Waals surface area contributed by atoms with Crippen LogP contribution >= 0.6 is 0 Å². The number of amides is 1. The van der Waals surface area contributed by atoms with E-state index in [0.717, 1.165) is 29.6 Å². The number of hydrogen-bond donors (Lipinski definition) is 0. The summed E-state index contributed by atoms with van der Waals surface area (Å²) in [5.41, 5.74) is 0. The molecule has 132 valence electrons. The minimum absolute atomic E-state index is 0.0123. The molecule has 6 heteroatoms. The van der Waals surface area contributed by atoms with Crippen molar-refractivity contribution >= 4 is 22.5 Å². The second-order valence-electron chi connectivity index (χ2n) is 6.97. The van der Waals surface area contributed by atoms with Gasteiger partial charge in [-0.3, -0.25) is 4.79 Å². The van der Waals surface area contributed by atoms with E-state index in [4.69, 9.17) is 0 Å². The summed E-state index contributed by atoms with van der Waals surface area (Å²) >= 11 is 0. The highest BCUT2D eigenvalue weighted by Gasteiger charge is 2.39. The lowest BCUT2D eigenvalue weighted by Gasteiger charge is -2.33. The Morgan fingerprint density at radius 3 is 2.68 bits per heavy atom. The van der Waals surface area contributed by atoms with Crippen LogP contribution in [0, 0.1) is 5.92 Å². The normalized spacial score (nSPS) is 23.2. The Balaban J connectivity index is 1.47. The zero-order chi connectivity index (χ0) is 17.4. The Labute approximate surface area is 145 Å². The van der Waals surface area contributed by atoms with Gasteiger partial charge in [-0.1, -0.05) is 24.3 Å². The van der Waals surface area contributed by atoms with Crippen LogP contribution in [-0.2, 0) is 4.79 Å². The van der Waals surface area contributed by atoms with E-state index >= 15 is 0 Å². The van der Waals surface area contributed by atoms with Gasteiger partial charge in [0.25, 0.3) is 5.92 Å². The maximum absolute atomic E-state index is 13.3. The number of likely N-dealkylation sites (tertiary alicyclic amines) is 1. The Morgan fingerprint density at radius 2 is 1.88 bits per heavy atom. The molecule has 2 fully saturated rings. The van der Waals surface area contributed by atoms with E-state index in [1.54, 1.807) is 11.1 Å². The number of piperidine rings is 1. The van der Waals surface area contributed by atoms with Crippen LogP contribution in [0.4, 0.5) is 14.6 Å². The lowest BCUT2D eigenvalue weighted by molar-refractivity contribution is -0.140. The zero-order valence-corrected chi connectivity index (χ0v) is 14.0. The van der Waals surface area contributed by atoms with Crippen LogP contribution in [0.3, 0.4) is 0 Å². The lowest BCUT2D eigenvalue weighted by atomic mass is 10.0. The van der Waals surface area contributed by atoms with Crippen LogP contribution < -0.4 is 4.90 Å². The first kappa shape index (κ1) is 16.2. The number of fused-ring (bicyclic) bond motifs is 1. The van der Waals surface area contributed by atoms with Crippen LogP contribution in [-0.4, -0.2) is 47.9 Å². The molecule has 25 heavy (non-hydrogen) atoms. The summed E-state index contributed by atoms with van der Waals surface area (Å²) in [5, 5.41) is 2.20. The van der Waals surface area contributed by atoms with Gasteiger partial charge in [-0.2, -0.15) is 0 Å². The molecular formula is C19H21F2N3O. The highest BCUT2D eigenvalue weighted by Crippen LogP contribution is 2.32. The Morgan fingerprint density at radius 1 is 1.12 bits per heavy atom. The van der Waals surface area contributed by atoms with Crippen molar-refractivity contribution in [1.29, 1.82) is 0 Å². The highest BCUT2D eigenvalue weighted by atomic mass is 19.3. The fraction of sp³-hybridized carbons (Fsp3) is 0.474. The predicted octanol–water partition coefficient (Wildman–Crippen LogP) is 3.32. The first-order chi connectivity index (χ1) is 12.0. The lowest BCUT2D eigenvalue weighted by Crippen LogP contribution is -2.45. The number of pyridine rings is 1. The molecule has 2 aliphatic heterocycles. The van der Waals surface area contributed by atoms with Crippen molar-refractivity contribution in [2.75, 3.05) is 31.1 Å². The highest BCUT2D eigenvalue weighted by molar-refractivity contribution is 5.92. The van der Waals surface area contributed by atoms with Gasteiger partial charge in [0.15, 0.2) is 0 Å². The van der Waals surface area contributed by atoms with Crippen LogP contribution in [0.15, 0.2) is 36.5 Å². The molecular weight excluding hydrogens is 324 g/mol. The SMILES string of the molecule is O=C(C1CCN(c2nccc3ccccc23)C1)N1CCC(F)(F)CC1. The second-order valence-corrected chi connectivity index (χ2v) is 6.97. The summed E-state index contributed by atoms with van der Waals surface area (Å²) in [5.74, 6) is -1.84. The van der Waals surface area contributed by atoms with E-state index < -0.39 is 5.92 Å². The molecule has 4 nitrogen and oxygen atoms in total. The van der Waals surface area contributed by atoms with Crippen molar-refractivity contribution in [2.24, 2.45) is 5.92 Å². The second kappa shape index (κ2) is 6.24. The molecule has 1 aromatic heterocycles. The monoisotopic (exact) mass is 345 g/mol. The number of rotatable bonds is 2. The third kappa shape index (κ3) is 3.17. The third-order valence-corrected chi connectivity index (χ3v) is 5.30. The number of carbonyl (C=O) groups excluding carboxylic acids is 1. The summed E-state index contributed by atoms with van der Waals surface area (Å²) in [6.07, 6.45) is 2.09. The fourth-order valence-corrected chi connectivity index (χ4v) is 3.82. The smallest absolute Gasteiger partial charge is 0.251 e. The summed E-state index contributed by atoms with van der Waals surface area (Å²) in [6.45, 7) is 1.69. The number of anilines is 1. The Hall–Kier alpha value is -2.24. The maximum atomic E-state index is 13.3. The van der Waals surface area contributed by atoms with Crippen LogP contribution in [0.5, 0.6) is 0 Å².